The van der Waals surface area contributed by atoms with Crippen molar-refractivity contribution in [2.45, 2.75) is 23.2 Å². The monoisotopic (exact) mass is 572 g/mol. The summed E-state index contributed by atoms with van der Waals surface area (Å²) >= 11 is 1.11. The number of piperidine rings is 1. The van der Waals surface area contributed by atoms with E-state index in [1.165, 1.54) is 12.1 Å². The second-order valence-corrected chi connectivity index (χ2v) is 9.68. The van der Waals surface area contributed by atoms with Gasteiger partial charge in [0.2, 0.25) is 0 Å². The summed E-state index contributed by atoms with van der Waals surface area (Å²) in [5, 5.41) is 3.21. The van der Waals surface area contributed by atoms with E-state index in [-0.39, 0.29) is 16.6 Å². The number of anilines is 3. The fourth-order valence-electron chi connectivity index (χ4n) is 4.41. The van der Waals surface area contributed by atoms with Crippen LogP contribution in [0.4, 0.5) is 26.1 Å². The van der Waals surface area contributed by atoms with Gasteiger partial charge in [-0.1, -0.05) is 36.4 Å². The average Bonchev–Trinajstić information content (AvgIpc) is 2.84. The number of rotatable bonds is 5. The van der Waals surface area contributed by atoms with Crippen LogP contribution in [0.1, 0.15) is 24.8 Å². The quantitative estimate of drug-likeness (QED) is 0.216. The van der Waals surface area contributed by atoms with E-state index in [2.05, 4.69) is 5.32 Å². The summed E-state index contributed by atoms with van der Waals surface area (Å²) in [5.74, 6) is 0.931. The molecule has 0 amide bonds. The molecule has 0 atom stereocenters. The third-order valence-electron chi connectivity index (χ3n) is 6.00. The lowest BCUT2D eigenvalue weighted by Gasteiger charge is -2.29. The van der Waals surface area contributed by atoms with Crippen LogP contribution in [-0.4, -0.2) is 22.6 Å². The zero-order valence-corrected chi connectivity index (χ0v) is 20.5. The van der Waals surface area contributed by atoms with Crippen LogP contribution < -0.4 is 15.6 Å². The Hall–Kier alpha value is -3.01. The van der Waals surface area contributed by atoms with Gasteiger partial charge in [0, 0.05) is 58.7 Å². The predicted octanol–water partition coefficient (Wildman–Crippen LogP) is 6.60. The minimum atomic E-state index is -3.23. The molecule has 3 heterocycles. The molecule has 4 aromatic rings. The second-order valence-electron chi connectivity index (χ2n) is 8.33. The molecule has 0 radical (unpaired) electrons. The Bertz CT molecular complexity index is 1370. The summed E-state index contributed by atoms with van der Waals surface area (Å²) in [5.41, 5.74) is 0.908. The molecule has 2 aromatic heterocycles. The van der Waals surface area contributed by atoms with Gasteiger partial charge in [0.05, 0.1) is 5.39 Å². The van der Waals surface area contributed by atoms with Gasteiger partial charge in [-0.05, 0) is 49.6 Å². The number of nitrogens with zero attached hydrogens (tertiary/aromatic N) is 3. The molecule has 1 fully saturated rings. The maximum Gasteiger partial charge on any atom is 0.322 e. The Kier molecular flexibility index (Phi) is 6.24. The highest BCUT2D eigenvalue weighted by atomic mass is 127. The average molecular weight is 572 g/mol. The second kappa shape index (κ2) is 9.32. The van der Waals surface area contributed by atoms with Gasteiger partial charge >= 0.3 is 3.93 Å². The Labute approximate surface area is 209 Å². The van der Waals surface area contributed by atoms with E-state index < -0.39 is 9.36 Å². The van der Waals surface area contributed by atoms with Crippen LogP contribution in [-0.2, 0) is 3.93 Å². The topological polar surface area (TPSA) is 50.2 Å². The summed E-state index contributed by atoms with van der Waals surface area (Å²) < 4.78 is 28.3. The van der Waals surface area contributed by atoms with Crippen LogP contribution in [0.25, 0.3) is 16.7 Å². The van der Waals surface area contributed by atoms with Crippen molar-refractivity contribution in [1.82, 2.24) is 9.55 Å². The number of nitrogens with one attached hydrogen (secondary N) is 1. The van der Waals surface area contributed by atoms with Gasteiger partial charge in [-0.3, -0.25) is 9.36 Å². The smallest absolute Gasteiger partial charge is 0.322 e. The van der Waals surface area contributed by atoms with Crippen LogP contribution in [0.2, 0.25) is 0 Å². The van der Waals surface area contributed by atoms with Crippen molar-refractivity contribution in [3.63, 3.8) is 0 Å². The molecule has 5 nitrogen and oxygen atoms in total. The molecule has 1 aliphatic rings. The standard InChI is InChI=1S/C26H23F2IN4O/c27-26(28,29)20-16-22(32-14-8-3-9-15-32)31-25-24(20)21(34)17-23(30-18-10-4-1-5-11-18)33(25)19-12-6-2-7-13-19/h1-2,4-7,10-13,16-17,30H,3,8-9,14-15H2. The number of fused-ring (bicyclic) bond motifs is 1. The number of hydrogen-bond acceptors (Lipinski definition) is 4. The van der Waals surface area contributed by atoms with Gasteiger partial charge in [-0.15, -0.1) is 0 Å². The van der Waals surface area contributed by atoms with Gasteiger partial charge in [0.15, 0.2) is 11.1 Å². The van der Waals surface area contributed by atoms with Gasteiger partial charge < -0.3 is 10.2 Å². The molecule has 8 heteroatoms. The number of pyridine rings is 2. The lowest BCUT2D eigenvalue weighted by molar-refractivity contribution is 0.129. The van der Waals surface area contributed by atoms with Crippen molar-refractivity contribution in [2.75, 3.05) is 23.3 Å². The molecule has 0 bridgehead atoms. The van der Waals surface area contributed by atoms with Gasteiger partial charge in [-0.25, -0.2) is 4.98 Å². The van der Waals surface area contributed by atoms with Crippen molar-refractivity contribution >= 4 is 50.9 Å². The number of alkyl halides is 3. The van der Waals surface area contributed by atoms with Crippen molar-refractivity contribution in [2.24, 2.45) is 0 Å². The SMILES string of the molecule is O=c1cc(Nc2ccccc2)n(-c2ccccc2)c2nc(N3CCCCC3)cc(C(F)(F)I)c12. The maximum absolute atomic E-state index is 14.9. The van der Waals surface area contributed by atoms with E-state index in [0.29, 0.717) is 11.6 Å². The molecule has 0 unspecified atom stereocenters. The van der Waals surface area contributed by atoms with E-state index in [0.717, 1.165) is 66.3 Å². The molecule has 0 spiro atoms. The van der Waals surface area contributed by atoms with Gasteiger partial charge in [-0.2, -0.15) is 8.78 Å². The normalized spacial score (nSPS) is 14.4. The summed E-state index contributed by atoms with van der Waals surface area (Å²) in [6.45, 7) is 1.50. The van der Waals surface area contributed by atoms with Crippen molar-refractivity contribution in [3.8, 4) is 5.69 Å². The molecular weight excluding hydrogens is 549 g/mol. The van der Waals surface area contributed by atoms with Crippen LogP contribution in [0.15, 0.2) is 77.6 Å². The molecule has 1 saturated heterocycles. The van der Waals surface area contributed by atoms with Crippen molar-refractivity contribution < 1.29 is 8.78 Å². The molecule has 0 aliphatic carbocycles. The fraction of sp³-hybridized carbons (Fsp3) is 0.231. The van der Waals surface area contributed by atoms with Gasteiger partial charge in [0.1, 0.15) is 11.6 Å². The highest BCUT2D eigenvalue weighted by Crippen LogP contribution is 2.41. The summed E-state index contributed by atoms with van der Waals surface area (Å²) in [7, 11) is 0. The number of hydrogen-bond donors (Lipinski definition) is 1. The predicted molar refractivity (Wildman–Crippen MR) is 141 cm³/mol. The summed E-state index contributed by atoms with van der Waals surface area (Å²) in [4.78, 5) is 20.1. The molecule has 34 heavy (non-hydrogen) atoms. The maximum atomic E-state index is 14.9. The molecule has 1 aliphatic heterocycles. The third-order valence-corrected chi connectivity index (χ3v) is 6.58. The minimum Gasteiger partial charge on any atom is -0.357 e. The van der Waals surface area contributed by atoms with Crippen LogP contribution in [0.5, 0.6) is 0 Å². The summed E-state index contributed by atoms with van der Waals surface area (Å²) in [6.07, 6.45) is 3.08. The van der Waals surface area contributed by atoms with Crippen LogP contribution >= 0.6 is 22.6 Å². The molecule has 0 saturated carbocycles. The fourth-order valence-corrected chi connectivity index (χ4v) is 4.83. The number of benzene rings is 2. The first-order chi connectivity index (χ1) is 16.4. The largest absolute Gasteiger partial charge is 0.357 e. The van der Waals surface area contributed by atoms with E-state index >= 15 is 0 Å². The Morgan fingerprint density at radius 2 is 1.56 bits per heavy atom. The first-order valence-corrected chi connectivity index (χ1v) is 12.3. The minimum absolute atomic E-state index is 0.0670. The molecule has 1 N–H and O–H groups in total. The Balaban J connectivity index is 1.84. The van der Waals surface area contributed by atoms with E-state index in [1.54, 1.807) is 4.57 Å². The Morgan fingerprint density at radius 1 is 0.912 bits per heavy atom. The van der Waals surface area contributed by atoms with E-state index in [1.807, 2.05) is 65.6 Å². The highest BCUT2D eigenvalue weighted by molar-refractivity contribution is 14.1. The number of para-hydroxylation sites is 2. The van der Waals surface area contributed by atoms with E-state index in [9.17, 15) is 13.6 Å². The number of halogens is 3. The highest BCUT2D eigenvalue weighted by Gasteiger charge is 2.33. The molecule has 5 rings (SSSR count). The first-order valence-electron chi connectivity index (χ1n) is 11.2. The molecule has 2 aromatic carbocycles. The van der Waals surface area contributed by atoms with Crippen LogP contribution in [0.3, 0.4) is 0 Å². The van der Waals surface area contributed by atoms with Crippen LogP contribution in [0, 0.1) is 0 Å². The van der Waals surface area contributed by atoms with Crippen molar-refractivity contribution in [1.29, 1.82) is 0 Å². The first kappa shape index (κ1) is 22.8. The molecular formula is C26H23F2IN4O. The Morgan fingerprint density at radius 3 is 2.21 bits per heavy atom. The molecule has 174 valence electrons. The number of aromatic nitrogens is 2. The van der Waals surface area contributed by atoms with Crippen molar-refractivity contribution in [3.05, 3.63) is 88.6 Å². The zero-order valence-electron chi connectivity index (χ0n) is 18.3. The third kappa shape index (κ3) is 4.51. The van der Waals surface area contributed by atoms with Gasteiger partial charge in [0.25, 0.3) is 0 Å². The lowest BCUT2D eigenvalue weighted by atomic mass is 10.1. The summed E-state index contributed by atoms with van der Waals surface area (Å²) in [6, 6.07) is 21.6. The lowest BCUT2D eigenvalue weighted by Crippen LogP contribution is -2.31. The van der Waals surface area contributed by atoms with E-state index in [4.69, 9.17) is 4.98 Å². The zero-order chi connectivity index (χ0) is 23.7.